The number of rotatable bonds is 4. The maximum absolute atomic E-state index is 10.7. The van der Waals surface area contributed by atoms with Gasteiger partial charge in [0.25, 0.3) is 0 Å². The van der Waals surface area contributed by atoms with Gasteiger partial charge in [0, 0.05) is 13.2 Å². The van der Waals surface area contributed by atoms with E-state index in [0.29, 0.717) is 5.69 Å². The molecule has 1 rings (SSSR count). The second kappa shape index (κ2) is 4.56. The van der Waals surface area contributed by atoms with E-state index in [0.717, 1.165) is 0 Å². The van der Waals surface area contributed by atoms with E-state index in [9.17, 15) is 9.59 Å². The summed E-state index contributed by atoms with van der Waals surface area (Å²) in [5.74, 6) is -1.33. The molecule has 0 saturated heterocycles. The molecule has 16 heavy (non-hydrogen) atoms. The van der Waals surface area contributed by atoms with Gasteiger partial charge in [0.15, 0.2) is 0 Å². The molecule has 3 N–H and O–H groups in total. The van der Waals surface area contributed by atoms with Crippen molar-refractivity contribution in [1.82, 2.24) is 9.97 Å². The summed E-state index contributed by atoms with van der Waals surface area (Å²) in [5.41, 5.74) is 5.40. The van der Waals surface area contributed by atoms with E-state index >= 15 is 0 Å². The minimum Gasteiger partial charge on any atom is -0.478 e. The lowest BCUT2D eigenvalue weighted by Gasteiger charge is -2.15. The molecular weight excluding hydrogens is 212 g/mol. The molecule has 0 aromatic carbocycles. The second-order valence-electron chi connectivity index (χ2n) is 3.30. The molecule has 86 valence electrons. The molecule has 0 radical (unpaired) electrons. The number of hydrogen-bond acceptors (Lipinski definition) is 5. The van der Waals surface area contributed by atoms with E-state index in [1.165, 1.54) is 11.1 Å². The Morgan fingerprint density at radius 1 is 1.56 bits per heavy atom. The minimum absolute atomic E-state index is 0.0220. The molecule has 0 saturated carbocycles. The molecule has 0 aliphatic heterocycles. The number of carboxylic acids is 1. The molecule has 0 aliphatic rings. The van der Waals surface area contributed by atoms with Gasteiger partial charge in [-0.05, 0) is 6.92 Å². The minimum atomic E-state index is -1.08. The molecule has 1 aromatic heterocycles. The summed E-state index contributed by atoms with van der Waals surface area (Å²) in [5, 5.41) is 8.77. The molecule has 0 aliphatic carbocycles. The molecule has 0 atom stereocenters. The van der Waals surface area contributed by atoms with Crippen LogP contribution in [0, 0.1) is 6.92 Å². The number of aromatic carboxylic acids is 1. The highest BCUT2D eigenvalue weighted by molar-refractivity contribution is 5.88. The number of hydrogen-bond donors (Lipinski definition) is 2. The number of nitrogens with two attached hydrogens (primary N) is 1. The maximum Gasteiger partial charge on any atom is 0.339 e. The van der Waals surface area contributed by atoms with Crippen LogP contribution in [-0.2, 0) is 4.79 Å². The average Bonchev–Trinajstić information content (AvgIpc) is 2.15. The molecule has 7 nitrogen and oxygen atoms in total. The van der Waals surface area contributed by atoms with Crippen molar-refractivity contribution in [3.8, 4) is 0 Å². The summed E-state index contributed by atoms with van der Waals surface area (Å²) >= 11 is 0. The van der Waals surface area contributed by atoms with Gasteiger partial charge in [-0.3, -0.25) is 4.79 Å². The molecule has 0 fully saturated rings. The van der Waals surface area contributed by atoms with Crippen LogP contribution in [0.25, 0.3) is 0 Å². The van der Waals surface area contributed by atoms with Crippen molar-refractivity contribution in [2.24, 2.45) is 5.73 Å². The molecule has 1 amide bonds. The van der Waals surface area contributed by atoms with Crippen LogP contribution in [-0.4, -0.2) is 40.5 Å². The first kappa shape index (κ1) is 11.9. The fourth-order valence-corrected chi connectivity index (χ4v) is 1.15. The zero-order chi connectivity index (χ0) is 12.3. The molecule has 7 heteroatoms. The van der Waals surface area contributed by atoms with Crippen LogP contribution in [0.15, 0.2) is 6.20 Å². The predicted octanol–water partition coefficient (Wildman–Crippen LogP) is -0.595. The summed E-state index contributed by atoms with van der Waals surface area (Å²) in [7, 11) is 1.60. The Morgan fingerprint density at radius 2 is 2.19 bits per heavy atom. The summed E-state index contributed by atoms with van der Waals surface area (Å²) in [6.45, 7) is 1.54. The van der Waals surface area contributed by atoms with Crippen LogP contribution in [0.3, 0.4) is 0 Å². The third-order valence-corrected chi connectivity index (χ3v) is 1.93. The lowest BCUT2D eigenvalue weighted by molar-refractivity contribution is -0.116. The Kier molecular flexibility index (Phi) is 3.39. The standard InChI is InChI=1S/C9H12N4O3/c1-5-6(8(15)16)3-11-9(12-5)13(2)4-7(10)14/h3H,4H2,1-2H3,(H2,10,14)(H,15,16). The monoisotopic (exact) mass is 224 g/mol. The molecular formula is C9H12N4O3. The van der Waals surface area contributed by atoms with E-state index in [1.807, 2.05) is 0 Å². The first-order valence-corrected chi connectivity index (χ1v) is 4.48. The Labute approximate surface area is 91.9 Å². The van der Waals surface area contributed by atoms with Crippen LogP contribution >= 0.6 is 0 Å². The van der Waals surface area contributed by atoms with Gasteiger partial charge in [-0.1, -0.05) is 0 Å². The van der Waals surface area contributed by atoms with Gasteiger partial charge in [0.1, 0.15) is 0 Å². The average molecular weight is 224 g/mol. The third kappa shape index (κ3) is 2.66. The fourth-order valence-electron chi connectivity index (χ4n) is 1.15. The van der Waals surface area contributed by atoms with E-state index in [-0.39, 0.29) is 18.1 Å². The normalized spacial score (nSPS) is 9.88. The number of carboxylic acid groups (broad SMARTS) is 1. The van der Waals surface area contributed by atoms with Crippen LogP contribution in [0.1, 0.15) is 16.1 Å². The number of amides is 1. The SMILES string of the molecule is Cc1nc(N(C)CC(N)=O)ncc1C(=O)O. The van der Waals surface area contributed by atoms with E-state index in [2.05, 4.69) is 9.97 Å². The Hall–Kier alpha value is -2.18. The highest BCUT2D eigenvalue weighted by atomic mass is 16.4. The van der Waals surface area contributed by atoms with Crippen LogP contribution in [0.4, 0.5) is 5.95 Å². The largest absolute Gasteiger partial charge is 0.478 e. The zero-order valence-electron chi connectivity index (χ0n) is 8.97. The summed E-state index contributed by atoms with van der Waals surface area (Å²) in [6, 6.07) is 0. The van der Waals surface area contributed by atoms with Crippen molar-refractivity contribution in [3.05, 3.63) is 17.5 Å². The van der Waals surface area contributed by atoms with Crippen molar-refractivity contribution >= 4 is 17.8 Å². The van der Waals surface area contributed by atoms with Crippen molar-refractivity contribution in [3.63, 3.8) is 0 Å². The van der Waals surface area contributed by atoms with Crippen LogP contribution in [0.2, 0.25) is 0 Å². The second-order valence-corrected chi connectivity index (χ2v) is 3.30. The highest BCUT2D eigenvalue weighted by Crippen LogP contribution is 2.09. The summed E-state index contributed by atoms with van der Waals surface area (Å²) < 4.78 is 0. The number of aryl methyl sites for hydroxylation is 1. The van der Waals surface area contributed by atoms with Gasteiger partial charge in [0.2, 0.25) is 11.9 Å². The number of primary amides is 1. The number of aromatic nitrogens is 2. The van der Waals surface area contributed by atoms with Gasteiger partial charge < -0.3 is 15.7 Å². The number of anilines is 1. The van der Waals surface area contributed by atoms with Crippen molar-refractivity contribution in [2.75, 3.05) is 18.5 Å². The number of carbonyl (C=O) groups is 2. The van der Waals surface area contributed by atoms with Crippen molar-refractivity contribution in [2.45, 2.75) is 6.92 Å². The quantitative estimate of drug-likeness (QED) is 0.707. The maximum atomic E-state index is 10.7. The zero-order valence-corrected chi connectivity index (χ0v) is 8.97. The predicted molar refractivity (Wildman–Crippen MR) is 56.2 cm³/mol. The number of carbonyl (C=O) groups excluding carboxylic acids is 1. The molecule has 1 aromatic rings. The van der Waals surface area contributed by atoms with Gasteiger partial charge in [-0.2, -0.15) is 0 Å². The molecule has 1 heterocycles. The first-order valence-electron chi connectivity index (χ1n) is 4.48. The van der Waals surface area contributed by atoms with E-state index in [1.54, 1.807) is 14.0 Å². The first-order chi connectivity index (χ1) is 7.41. The highest BCUT2D eigenvalue weighted by Gasteiger charge is 2.12. The molecule has 0 unspecified atom stereocenters. The van der Waals surface area contributed by atoms with Gasteiger partial charge >= 0.3 is 5.97 Å². The molecule has 0 bridgehead atoms. The Morgan fingerprint density at radius 3 is 2.62 bits per heavy atom. The number of nitrogens with zero attached hydrogens (tertiary/aromatic N) is 3. The summed E-state index contributed by atoms with van der Waals surface area (Å²) in [6.07, 6.45) is 1.21. The van der Waals surface area contributed by atoms with E-state index < -0.39 is 11.9 Å². The Bertz CT molecular complexity index is 433. The lowest BCUT2D eigenvalue weighted by Crippen LogP contribution is -2.31. The van der Waals surface area contributed by atoms with Gasteiger partial charge in [0.05, 0.1) is 17.8 Å². The van der Waals surface area contributed by atoms with Crippen molar-refractivity contribution < 1.29 is 14.7 Å². The Balaban J connectivity index is 2.96. The van der Waals surface area contributed by atoms with Crippen LogP contribution in [0.5, 0.6) is 0 Å². The van der Waals surface area contributed by atoms with Crippen molar-refractivity contribution in [1.29, 1.82) is 0 Å². The summed E-state index contributed by atoms with van der Waals surface area (Å²) in [4.78, 5) is 30.6. The number of likely N-dealkylation sites (N-methyl/N-ethyl adjacent to an activating group) is 1. The van der Waals surface area contributed by atoms with Crippen LogP contribution < -0.4 is 10.6 Å². The topological polar surface area (TPSA) is 109 Å². The van der Waals surface area contributed by atoms with E-state index in [4.69, 9.17) is 10.8 Å². The van der Waals surface area contributed by atoms with Gasteiger partial charge in [-0.15, -0.1) is 0 Å². The third-order valence-electron chi connectivity index (χ3n) is 1.93. The molecule has 0 spiro atoms. The van der Waals surface area contributed by atoms with Gasteiger partial charge in [-0.25, -0.2) is 14.8 Å². The lowest BCUT2D eigenvalue weighted by atomic mass is 10.2. The smallest absolute Gasteiger partial charge is 0.339 e. The fraction of sp³-hybridized carbons (Fsp3) is 0.333.